The van der Waals surface area contributed by atoms with Gasteiger partial charge < -0.3 is 11.1 Å². The maximum atomic E-state index is 12.6. The quantitative estimate of drug-likeness (QED) is 0.893. The van der Waals surface area contributed by atoms with Crippen molar-refractivity contribution in [2.45, 2.75) is 45.6 Å². The molecule has 1 fully saturated rings. The van der Waals surface area contributed by atoms with E-state index in [1.54, 1.807) is 12.4 Å². The molecule has 1 saturated carbocycles. The highest BCUT2D eigenvalue weighted by atomic mass is 32.1. The summed E-state index contributed by atoms with van der Waals surface area (Å²) >= 11 is 1.31. The average molecular weight is 304 g/mol. The van der Waals surface area contributed by atoms with E-state index in [2.05, 4.69) is 29.1 Å². The summed E-state index contributed by atoms with van der Waals surface area (Å²) in [5.41, 5.74) is 7.25. The molecule has 2 aromatic rings. The van der Waals surface area contributed by atoms with Crippen LogP contribution in [-0.4, -0.2) is 21.9 Å². The second kappa shape index (κ2) is 5.26. The molecule has 1 atom stereocenters. The molecule has 0 saturated heterocycles. The second-order valence-corrected chi connectivity index (χ2v) is 7.31. The number of anilines is 1. The molecule has 3 N–H and O–H groups in total. The number of hydrogen-bond acceptors (Lipinski definition) is 5. The third-order valence-corrected chi connectivity index (χ3v) is 5.48. The van der Waals surface area contributed by atoms with Gasteiger partial charge in [-0.2, -0.15) is 0 Å². The van der Waals surface area contributed by atoms with E-state index in [0.717, 1.165) is 12.8 Å². The number of rotatable bonds is 2. The molecule has 2 heterocycles. The summed E-state index contributed by atoms with van der Waals surface area (Å²) in [4.78, 5) is 22.2. The van der Waals surface area contributed by atoms with Gasteiger partial charge in [0.05, 0.1) is 5.69 Å². The van der Waals surface area contributed by atoms with Crippen molar-refractivity contribution in [2.24, 2.45) is 5.41 Å². The van der Waals surface area contributed by atoms with E-state index in [4.69, 9.17) is 5.73 Å². The number of fused-ring (bicyclic) bond motifs is 1. The van der Waals surface area contributed by atoms with Crippen LogP contribution in [-0.2, 0) is 0 Å². The summed E-state index contributed by atoms with van der Waals surface area (Å²) in [6.07, 6.45) is 7.78. The van der Waals surface area contributed by atoms with Gasteiger partial charge in [0, 0.05) is 18.4 Å². The average Bonchev–Trinajstić information content (AvgIpc) is 2.79. The first-order chi connectivity index (χ1) is 9.99. The topological polar surface area (TPSA) is 80.9 Å². The number of carbonyl (C=O) groups excluding carboxylic acids is 1. The minimum absolute atomic E-state index is 0.0997. The van der Waals surface area contributed by atoms with Crippen molar-refractivity contribution in [1.29, 1.82) is 0 Å². The first-order valence-corrected chi connectivity index (χ1v) is 8.10. The summed E-state index contributed by atoms with van der Waals surface area (Å²) in [5, 5.41) is 3.16. The Labute approximate surface area is 128 Å². The molecule has 2 aromatic heterocycles. The molecule has 0 radical (unpaired) electrons. The lowest BCUT2D eigenvalue weighted by Gasteiger charge is -2.38. The van der Waals surface area contributed by atoms with Crippen LogP contribution in [0.3, 0.4) is 0 Å². The fourth-order valence-corrected chi connectivity index (χ4v) is 3.92. The van der Waals surface area contributed by atoms with Crippen molar-refractivity contribution in [3.8, 4) is 0 Å². The summed E-state index contributed by atoms with van der Waals surface area (Å²) in [7, 11) is 0. The Hall–Kier alpha value is -1.69. The first-order valence-electron chi connectivity index (χ1n) is 7.29. The molecule has 1 aliphatic carbocycles. The molecule has 21 heavy (non-hydrogen) atoms. The van der Waals surface area contributed by atoms with Crippen molar-refractivity contribution in [3.05, 3.63) is 17.3 Å². The van der Waals surface area contributed by atoms with Crippen molar-refractivity contribution >= 4 is 33.3 Å². The van der Waals surface area contributed by atoms with Gasteiger partial charge in [-0.15, -0.1) is 11.3 Å². The Kier molecular flexibility index (Phi) is 3.57. The van der Waals surface area contributed by atoms with Gasteiger partial charge in [-0.25, -0.2) is 9.97 Å². The normalized spacial score (nSPS) is 21.3. The van der Waals surface area contributed by atoms with Crippen LogP contribution in [0.15, 0.2) is 12.4 Å². The predicted molar refractivity (Wildman–Crippen MR) is 85.3 cm³/mol. The van der Waals surface area contributed by atoms with Crippen LogP contribution in [0.4, 0.5) is 5.69 Å². The van der Waals surface area contributed by atoms with E-state index in [1.165, 1.54) is 24.2 Å². The van der Waals surface area contributed by atoms with E-state index in [0.29, 0.717) is 20.9 Å². The fraction of sp³-hybridized carbons (Fsp3) is 0.533. The number of aromatic nitrogens is 2. The van der Waals surface area contributed by atoms with Gasteiger partial charge in [0.25, 0.3) is 5.91 Å². The van der Waals surface area contributed by atoms with Crippen LogP contribution < -0.4 is 11.1 Å². The number of nitrogens with one attached hydrogen (secondary N) is 1. The molecule has 3 rings (SSSR count). The van der Waals surface area contributed by atoms with E-state index in [1.807, 2.05) is 0 Å². The SMILES string of the molecule is CC1(C)CCCCC1NC(=O)c1sc2nccnc2c1N. The predicted octanol–water partition coefficient (Wildman–Crippen LogP) is 2.97. The molecule has 0 bridgehead atoms. The molecule has 0 spiro atoms. The van der Waals surface area contributed by atoms with E-state index < -0.39 is 0 Å². The van der Waals surface area contributed by atoms with E-state index >= 15 is 0 Å². The Morgan fingerprint density at radius 1 is 1.38 bits per heavy atom. The third kappa shape index (κ3) is 2.60. The first kappa shape index (κ1) is 14.3. The van der Waals surface area contributed by atoms with Gasteiger partial charge in [0.1, 0.15) is 15.2 Å². The number of nitrogens with zero attached hydrogens (tertiary/aromatic N) is 2. The van der Waals surface area contributed by atoms with Crippen LogP contribution in [0.2, 0.25) is 0 Å². The maximum absolute atomic E-state index is 12.6. The molecular formula is C15H20N4OS. The monoisotopic (exact) mass is 304 g/mol. The Morgan fingerprint density at radius 2 is 2.14 bits per heavy atom. The zero-order valence-corrected chi connectivity index (χ0v) is 13.2. The molecule has 0 aliphatic heterocycles. The van der Waals surface area contributed by atoms with Gasteiger partial charge in [-0.3, -0.25) is 4.79 Å². The molecule has 5 nitrogen and oxygen atoms in total. The number of thiophene rings is 1. The fourth-order valence-electron chi connectivity index (χ4n) is 3.00. The minimum atomic E-state index is -0.0997. The highest BCUT2D eigenvalue weighted by Gasteiger charge is 2.34. The molecule has 1 unspecified atom stereocenters. The Balaban J connectivity index is 1.85. The minimum Gasteiger partial charge on any atom is -0.396 e. The van der Waals surface area contributed by atoms with Crippen molar-refractivity contribution in [3.63, 3.8) is 0 Å². The van der Waals surface area contributed by atoms with Gasteiger partial charge in [0.2, 0.25) is 0 Å². The lowest BCUT2D eigenvalue weighted by atomic mass is 9.73. The van der Waals surface area contributed by atoms with Crippen molar-refractivity contribution in [2.75, 3.05) is 5.73 Å². The molecule has 1 amide bonds. The number of amides is 1. The van der Waals surface area contributed by atoms with Gasteiger partial charge in [0.15, 0.2) is 0 Å². The lowest BCUT2D eigenvalue weighted by molar-refractivity contribution is 0.0858. The van der Waals surface area contributed by atoms with Crippen LogP contribution >= 0.6 is 11.3 Å². The number of hydrogen-bond donors (Lipinski definition) is 2. The number of nitrogens with two attached hydrogens (primary N) is 1. The van der Waals surface area contributed by atoms with E-state index in [9.17, 15) is 4.79 Å². The van der Waals surface area contributed by atoms with E-state index in [-0.39, 0.29) is 17.4 Å². The molecule has 6 heteroatoms. The highest BCUT2D eigenvalue weighted by Crippen LogP contribution is 2.36. The molecule has 0 aromatic carbocycles. The molecule has 1 aliphatic rings. The Morgan fingerprint density at radius 3 is 2.86 bits per heavy atom. The smallest absolute Gasteiger partial charge is 0.263 e. The Bertz CT molecular complexity index is 679. The third-order valence-electron chi connectivity index (χ3n) is 4.38. The largest absolute Gasteiger partial charge is 0.396 e. The van der Waals surface area contributed by atoms with Gasteiger partial charge >= 0.3 is 0 Å². The van der Waals surface area contributed by atoms with Crippen LogP contribution in [0.25, 0.3) is 10.3 Å². The van der Waals surface area contributed by atoms with Crippen molar-refractivity contribution in [1.82, 2.24) is 15.3 Å². The van der Waals surface area contributed by atoms with Crippen LogP contribution in [0.5, 0.6) is 0 Å². The summed E-state index contributed by atoms with van der Waals surface area (Å²) in [6, 6.07) is 0.198. The standard InChI is InChI=1S/C15H20N4OS/c1-15(2)6-4-3-5-9(15)19-13(20)12-10(16)11-14(21-12)18-8-7-17-11/h7-9H,3-6,16H2,1-2H3,(H,19,20). The van der Waals surface area contributed by atoms with Crippen LogP contribution in [0, 0.1) is 5.41 Å². The zero-order valence-electron chi connectivity index (χ0n) is 12.3. The number of nitrogen functional groups attached to an aromatic ring is 1. The van der Waals surface area contributed by atoms with Crippen LogP contribution in [0.1, 0.15) is 49.2 Å². The summed E-state index contributed by atoms with van der Waals surface area (Å²) < 4.78 is 0. The second-order valence-electron chi connectivity index (χ2n) is 6.32. The highest BCUT2D eigenvalue weighted by molar-refractivity contribution is 7.21. The number of carbonyl (C=O) groups is 1. The summed E-state index contributed by atoms with van der Waals surface area (Å²) in [6.45, 7) is 4.43. The molecule has 112 valence electrons. The zero-order chi connectivity index (χ0) is 15.0. The van der Waals surface area contributed by atoms with Crippen molar-refractivity contribution < 1.29 is 4.79 Å². The maximum Gasteiger partial charge on any atom is 0.263 e. The van der Waals surface area contributed by atoms with Gasteiger partial charge in [-0.05, 0) is 18.3 Å². The summed E-state index contributed by atoms with van der Waals surface area (Å²) in [5.74, 6) is -0.0997. The van der Waals surface area contributed by atoms with Gasteiger partial charge in [-0.1, -0.05) is 26.7 Å². The molecular weight excluding hydrogens is 284 g/mol. The lowest BCUT2D eigenvalue weighted by Crippen LogP contribution is -2.46.